The van der Waals surface area contributed by atoms with E-state index < -0.39 is 10.0 Å². The van der Waals surface area contributed by atoms with Crippen LogP contribution in [0.1, 0.15) is 29.8 Å². The molecule has 0 radical (unpaired) electrons. The van der Waals surface area contributed by atoms with Crippen LogP contribution in [0.4, 0.5) is 4.39 Å². The van der Waals surface area contributed by atoms with Crippen LogP contribution >= 0.6 is 0 Å². The van der Waals surface area contributed by atoms with Crippen molar-refractivity contribution in [3.05, 3.63) is 65.5 Å². The first-order valence-electron chi connectivity index (χ1n) is 7.93. The first-order chi connectivity index (χ1) is 11.8. The number of sulfonamides is 1. The van der Waals surface area contributed by atoms with Gasteiger partial charge in [0, 0.05) is 18.2 Å². The number of halogens is 1. The summed E-state index contributed by atoms with van der Waals surface area (Å²) in [4.78, 5) is 12.3. The molecule has 1 amide bonds. The molecule has 2 aromatic carbocycles. The third kappa shape index (κ3) is 5.65. The minimum absolute atomic E-state index is 0.0485. The average Bonchev–Trinajstić information content (AvgIpc) is 2.55. The molecular formula is C18H21FN2O3S. The topological polar surface area (TPSA) is 75.3 Å². The minimum Gasteiger partial charge on any atom is -0.352 e. The molecule has 2 N–H and O–H groups in total. The van der Waals surface area contributed by atoms with E-state index in [1.165, 1.54) is 30.3 Å². The predicted molar refractivity (Wildman–Crippen MR) is 94.3 cm³/mol. The molecule has 25 heavy (non-hydrogen) atoms. The van der Waals surface area contributed by atoms with Crippen LogP contribution < -0.4 is 10.0 Å². The van der Waals surface area contributed by atoms with E-state index in [9.17, 15) is 17.6 Å². The molecule has 0 heterocycles. The summed E-state index contributed by atoms with van der Waals surface area (Å²) >= 11 is 0. The second-order valence-electron chi connectivity index (χ2n) is 5.94. The van der Waals surface area contributed by atoms with Crippen LogP contribution in [0.5, 0.6) is 0 Å². The Morgan fingerprint density at radius 3 is 2.44 bits per heavy atom. The van der Waals surface area contributed by atoms with Gasteiger partial charge in [-0.2, -0.15) is 0 Å². The van der Waals surface area contributed by atoms with Crippen LogP contribution in [0.15, 0.2) is 53.4 Å². The van der Waals surface area contributed by atoms with Crippen LogP contribution in [-0.2, 0) is 16.4 Å². The molecular weight excluding hydrogens is 343 g/mol. The van der Waals surface area contributed by atoms with Gasteiger partial charge in [-0.25, -0.2) is 17.5 Å². The summed E-state index contributed by atoms with van der Waals surface area (Å²) in [5, 5.41) is 2.73. The van der Waals surface area contributed by atoms with Crippen LogP contribution in [0, 0.1) is 5.82 Å². The zero-order valence-electron chi connectivity index (χ0n) is 14.1. The number of carbonyl (C=O) groups is 1. The van der Waals surface area contributed by atoms with Crippen molar-refractivity contribution in [2.75, 3.05) is 6.54 Å². The Balaban J connectivity index is 2.00. The summed E-state index contributed by atoms with van der Waals surface area (Å²) in [6.07, 6.45) is 0.554. The standard InChI is InChI=1S/C18H21FN2O3S/c1-13(2)21-25(23,24)17-5-3-4-15(12-17)18(22)20-11-10-14-6-8-16(19)9-7-14/h3-9,12-13,21H,10-11H2,1-2H3,(H,20,22). The summed E-state index contributed by atoms with van der Waals surface area (Å²) in [5.41, 5.74) is 1.17. The van der Waals surface area contributed by atoms with E-state index in [0.717, 1.165) is 5.56 Å². The largest absolute Gasteiger partial charge is 0.352 e. The van der Waals surface area contributed by atoms with Crippen molar-refractivity contribution < 1.29 is 17.6 Å². The molecule has 0 bridgehead atoms. The Bertz CT molecular complexity index is 834. The Morgan fingerprint density at radius 2 is 1.80 bits per heavy atom. The highest BCUT2D eigenvalue weighted by Crippen LogP contribution is 2.12. The van der Waals surface area contributed by atoms with E-state index in [0.29, 0.717) is 13.0 Å². The van der Waals surface area contributed by atoms with Crippen molar-refractivity contribution in [3.8, 4) is 0 Å². The number of benzene rings is 2. The Morgan fingerprint density at radius 1 is 1.12 bits per heavy atom. The van der Waals surface area contributed by atoms with Crippen molar-refractivity contribution >= 4 is 15.9 Å². The zero-order chi connectivity index (χ0) is 18.4. The molecule has 0 atom stereocenters. The van der Waals surface area contributed by atoms with Crippen molar-refractivity contribution in [3.63, 3.8) is 0 Å². The van der Waals surface area contributed by atoms with Crippen LogP contribution in [0.2, 0.25) is 0 Å². The first kappa shape index (κ1) is 19.1. The van der Waals surface area contributed by atoms with Crippen molar-refractivity contribution in [2.24, 2.45) is 0 Å². The lowest BCUT2D eigenvalue weighted by Crippen LogP contribution is -2.30. The smallest absolute Gasteiger partial charge is 0.251 e. The van der Waals surface area contributed by atoms with Gasteiger partial charge < -0.3 is 5.32 Å². The maximum Gasteiger partial charge on any atom is 0.251 e. The molecule has 2 aromatic rings. The predicted octanol–water partition coefficient (Wildman–Crippen LogP) is 2.48. The normalized spacial score (nSPS) is 11.5. The number of amides is 1. The molecule has 2 rings (SSSR count). The molecule has 0 fully saturated rings. The van der Waals surface area contributed by atoms with Gasteiger partial charge in [0.2, 0.25) is 10.0 Å². The molecule has 0 aliphatic heterocycles. The van der Waals surface area contributed by atoms with E-state index in [1.807, 2.05) is 0 Å². The number of hydrogen-bond donors (Lipinski definition) is 2. The minimum atomic E-state index is -3.65. The van der Waals surface area contributed by atoms with Gasteiger partial charge >= 0.3 is 0 Å². The summed E-state index contributed by atoms with van der Waals surface area (Å²) in [6.45, 7) is 3.82. The number of carbonyl (C=O) groups excluding carboxylic acids is 1. The lowest BCUT2D eigenvalue weighted by Gasteiger charge is -2.11. The molecule has 0 aromatic heterocycles. The molecule has 7 heteroatoms. The molecule has 0 saturated carbocycles. The number of rotatable bonds is 7. The van der Waals surface area contributed by atoms with E-state index in [2.05, 4.69) is 10.0 Å². The molecule has 0 unspecified atom stereocenters. The van der Waals surface area contributed by atoms with Crippen LogP contribution in [0.25, 0.3) is 0 Å². The SMILES string of the molecule is CC(C)NS(=O)(=O)c1cccc(C(=O)NCCc2ccc(F)cc2)c1. The van der Waals surface area contributed by atoms with Gasteiger partial charge in [-0.15, -0.1) is 0 Å². The van der Waals surface area contributed by atoms with Gasteiger partial charge in [-0.1, -0.05) is 18.2 Å². The van der Waals surface area contributed by atoms with E-state index in [1.54, 1.807) is 32.0 Å². The van der Waals surface area contributed by atoms with Gasteiger partial charge in [0.25, 0.3) is 5.91 Å². The van der Waals surface area contributed by atoms with E-state index in [4.69, 9.17) is 0 Å². The third-order valence-corrected chi connectivity index (χ3v) is 5.07. The van der Waals surface area contributed by atoms with E-state index >= 15 is 0 Å². The molecule has 0 aliphatic carbocycles. The second-order valence-corrected chi connectivity index (χ2v) is 7.65. The van der Waals surface area contributed by atoms with Gasteiger partial charge in [0.1, 0.15) is 5.82 Å². The van der Waals surface area contributed by atoms with Gasteiger partial charge in [0.05, 0.1) is 4.90 Å². The van der Waals surface area contributed by atoms with Crippen LogP contribution in [-0.4, -0.2) is 26.9 Å². The summed E-state index contributed by atoms with van der Waals surface area (Å²) < 4.78 is 39.7. The highest BCUT2D eigenvalue weighted by molar-refractivity contribution is 7.89. The molecule has 0 spiro atoms. The number of nitrogens with one attached hydrogen (secondary N) is 2. The summed E-state index contributed by atoms with van der Waals surface area (Å²) in [6, 6.07) is 11.7. The van der Waals surface area contributed by atoms with Crippen molar-refractivity contribution in [1.29, 1.82) is 0 Å². The Hall–Kier alpha value is -2.25. The fourth-order valence-electron chi connectivity index (χ4n) is 2.26. The first-order valence-corrected chi connectivity index (χ1v) is 9.41. The lowest BCUT2D eigenvalue weighted by molar-refractivity contribution is 0.0954. The van der Waals surface area contributed by atoms with Gasteiger partial charge in [-0.05, 0) is 56.2 Å². The average molecular weight is 364 g/mol. The van der Waals surface area contributed by atoms with Gasteiger partial charge in [0.15, 0.2) is 0 Å². The molecule has 0 saturated heterocycles. The second kappa shape index (κ2) is 8.22. The number of hydrogen-bond acceptors (Lipinski definition) is 3. The maximum atomic E-state index is 12.8. The monoisotopic (exact) mass is 364 g/mol. The van der Waals surface area contributed by atoms with Crippen LogP contribution in [0.3, 0.4) is 0 Å². The zero-order valence-corrected chi connectivity index (χ0v) is 14.9. The molecule has 5 nitrogen and oxygen atoms in total. The fraction of sp³-hybridized carbons (Fsp3) is 0.278. The Kier molecular flexibility index (Phi) is 6.27. The summed E-state index contributed by atoms with van der Waals surface area (Å²) in [7, 11) is -3.65. The highest BCUT2D eigenvalue weighted by atomic mass is 32.2. The van der Waals surface area contributed by atoms with E-state index in [-0.39, 0.29) is 28.2 Å². The van der Waals surface area contributed by atoms with Crippen molar-refractivity contribution in [1.82, 2.24) is 10.0 Å². The summed E-state index contributed by atoms with van der Waals surface area (Å²) in [5.74, 6) is -0.662. The lowest BCUT2D eigenvalue weighted by atomic mass is 10.1. The maximum absolute atomic E-state index is 12.8. The quantitative estimate of drug-likeness (QED) is 0.793. The molecule has 0 aliphatic rings. The fourth-order valence-corrected chi connectivity index (χ4v) is 3.55. The molecule has 134 valence electrons. The highest BCUT2D eigenvalue weighted by Gasteiger charge is 2.17. The third-order valence-electron chi connectivity index (χ3n) is 3.41. The van der Waals surface area contributed by atoms with Gasteiger partial charge in [-0.3, -0.25) is 4.79 Å². The van der Waals surface area contributed by atoms with Crippen molar-refractivity contribution in [2.45, 2.75) is 31.2 Å². The Labute approximate surface area is 147 Å².